The minimum absolute atomic E-state index is 0.110. The SMILES string of the molecule is CC(C)C1CNC[C@@H](O)C1. The van der Waals surface area contributed by atoms with Crippen molar-refractivity contribution in [1.29, 1.82) is 0 Å². The standard InChI is InChI=1S/C8H17NO/c1-6(2)7-3-8(10)5-9-4-7/h6-10H,3-5H2,1-2H3/t7?,8-/m0/s1. The maximum atomic E-state index is 9.27. The summed E-state index contributed by atoms with van der Waals surface area (Å²) in [5.74, 6) is 1.37. The second-order valence-corrected chi connectivity index (χ2v) is 3.55. The fourth-order valence-electron chi connectivity index (χ4n) is 1.46. The van der Waals surface area contributed by atoms with Gasteiger partial charge in [-0.2, -0.15) is 0 Å². The largest absolute Gasteiger partial charge is 0.392 e. The molecule has 1 aliphatic heterocycles. The van der Waals surface area contributed by atoms with E-state index in [2.05, 4.69) is 19.2 Å². The summed E-state index contributed by atoms with van der Waals surface area (Å²) in [5.41, 5.74) is 0. The van der Waals surface area contributed by atoms with Gasteiger partial charge in [0.05, 0.1) is 6.10 Å². The molecule has 1 saturated heterocycles. The van der Waals surface area contributed by atoms with Crippen molar-refractivity contribution in [2.75, 3.05) is 13.1 Å². The van der Waals surface area contributed by atoms with Crippen LogP contribution in [0, 0.1) is 11.8 Å². The Hall–Kier alpha value is -0.0800. The molecule has 0 spiro atoms. The normalized spacial score (nSPS) is 34.8. The molecule has 10 heavy (non-hydrogen) atoms. The van der Waals surface area contributed by atoms with Crippen molar-refractivity contribution in [3.63, 3.8) is 0 Å². The lowest BCUT2D eigenvalue weighted by molar-refractivity contribution is 0.0990. The zero-order valence-corrected chi connectivity index (χ0v) is 6.80. The monoisotopic (exact) mass is 143 g/mol. The van der Waals surface area contributed by atoms with Gasteiger partial charge in [0.25, 0.3) is 0 Å². The first-order valence-electron chi connectivity index (χ1n) is 4.09. The first kappa shape index (κ1) is 8.02. The van der Waals surface area contributed by atoms with E-state index in [1.165, 1.54) is 0 Å². The molecule has 1 fully saturated rings. The van der Waals surface area contributed by atoms with E-state index in [0.29, 0.717) is 11.8 Å². The molecule has 0 aliphatic carbocycles. The summed E-state index contributed by atoms with van der Waals surface area (Å²) in [7, 11) is 0. The summed E-state index contributed by atoms with van der Waals surface area (Å²) in [6, 6.07) is 0. The molecule has 0 aromatic carbocycles. The van der Waals surface area contributed by atoms with Gasteiger partial charge < -0.3 is 10.4 Å². The Morgan fingerprint density at radius 2 is 2.10 bits per heavy atom. The summed E-state index contributed by atoms with van der Waals surface area (Å²) in [5, 5.41) is 12.5. The number of aliphatic hydroxyl groups excluding tert-OH is 1. The number of hydrogen-bond acceptors (Lipinski definition) is 2. The van der Waals surface area contributed by atoms with Crippen LogP contribution < -0.4 is 5.32 Å². The van der Waals surface area contributed by atoms with Crippen molar-refractivity contribution >= 4 is 0 Å². The van der Waals surface area contributed by atoms with Crippen LogP contribution >= 0.6 is 0 Å². The lowest BCUT2D eigenvalue weighted by atomic mass is 9.88. The Balaban J connectivity index is 2.32. The summed E-state index contributed by atoms with van der Waals surface area (Å²) < 4.78 is 0. The van der Waals surface area contributed by atoms with E-state index < -0.39 is 0 Å². The van der Waals surface area contributed by atoms with E-state index in [1.54, 1.807) is 0 Å². The highest BCUT2D eigenvalue weighted by Gasteiger charge is 2.21. The molecule has 60 valence electrons. The van der Waals surface area contributed by atoms with Crippen LogP contribution in [0.2, 0.25) is 0 Å². The van der Waals surface area contributed by atoms with E-state index >= 15 is 0 Å². The summed E-state index contributed by atoms with van der Waals surface area (Å²) in [6.07, 6.45) is 0.867. The van der Waals surface area contributed by atoms with Crippen molar-refractivity contribution in [1.82, 2.24) is 5.32 Å². The predicted molar refractivity (Wildman–Crippen MR) is 41.8 cm³/mol. The number of rotatable bonds is 1. The average Bonchev–Trinajstić information content (AvgIpc) is 1.88. The molecule has 1 aliphatic rings. The van der Waals surface area contributed by atoms with Gasteiger partial charge in [0.15, 0.2) is 0 Å². The quantitative estimate of drug-likeness (QED) is 0.564. The number of aliphatic hydroxyl groups is 1. The zero-order valence-electron chi connectivity index (χ0n) is 6.80. The Bertz CT molecular complexity index is 103. The van der Waals surface area contributed by atoms with Crippen LogP contribution in [0.5, 0.6) is 0 Å². The third-order valence-corrected chi connectivity index (χ3v) is 2.30. The third kappa shape index (κ3) is 1.96. The van der Waals surface area contributed by atoms with Crippen molar-refractivity contribution < 1.29 is 5.11 Å². The second kappa shape index (κ2) is 3.35. The Kier molecular flexibility index (Phi) is 2.69. The third-order valence-electron chi connectivity index (χ3n) is 2.30. The molecule has 0 bridgehead atoms. The lowest BCUT2D eigenvalue weighted by Crippen LogP contribution is -2.41. The van der Waals surface area contributed by atoms with E-state index in [1.807, 2.05) is 0 Å². The number of piperidine rings is 1. The van der Waals surface area contributed by atoms with Crippen molar-refractivity contribution in [3.8, 4) is 0 Å². The summed E-state index contributed by atoms with van der Waals surface area (Å²) in [6.45, 7) is 6.28. The van der Waals surface area contributed by atoms with Crippen molar-refractivity contribution in [2.24, 2.45) is 11.8 Å². The fourth-order valence-corrected chi connectivity index (χ4v) is 1.46. The highest BCUT2D eigenvalue weighted by atomic mass is 16.3. The van der Waals surface area contributed by atoms with Crippen LogP contribution in [0.4, 0.5) is 0 Å². The minimum Gasteiger partial charge on any atom is -0.392 e. The van der Waals surface area contributed by atoms with E-state index in [-0.39, 0.29) is 6.10 Å². The minimum atomic E-state index is -0.110. The molecule has 0 aromatic rings. The predicted octanol–water partition coefficient (Wildman–Crippen LogP) is 0.613. The van der Waals surface area contributed by atoms with E-state index in [0.717, 1.165) is 19.5 Å². The van der Waals surface area contributed by atoms with Crippen LogP contribution in [-0.4, -0.2) is 24.3 Å². The van der Waals surface area contributed by atoms with Gasteiger partial charge in [0, 0.05) is 6.54 Å². The summed E-state index contributed by atoms with van der Waals surface area (Å²) >= 11 is 0. The molecule has 0 radical (unpaired) electrons. The van der Waals surface area contributed by atoms with Gasteiger partial charge >= 0.3 is 0 Å². The molecular weight excluding hydrogens is 126 g/mol. The van der Waals surface area contributed by atoms with Crippen LogP contribution in [0.1, 0.15) is 20.3 Å². The van der Waals surface area contributed by atoms with Crippen LogP contribution in [0.3, 0.4) is 0 Å². The zero-order chi connectivity index (χ0) is 7.56. The number of hydrogen-bond donors (Lipinski definition) is 2. The maximum absolute atomic E-state index is 9.27. The molecule has 2 atom stereocenters. The van der Waals surface area contributed by atoms with Gasteiger partial charge in [-0.1, -0.05) is 13.8 Å². The van der Waals surface area contributed by atoms with Gasteiger partial charge in [-0.25, -0.2) is 0 Å². The molecule has 2 nitrogen and oxygen atoms in total. The molecular formula is C8H17NO. The Morgan fingerprint density at radius 1 is 1.40 bits per heavy atom. The van der Waals surface area contributed by atoms with Gasteiger partial charge in [0.2, 0.25) is 0 Å². The van der Waals surface area contributed by atoms with Crippen LogP contribution in [-0.2, 0) is 0 Å². The molecule has 2 N–H and O–H groups in total. The molecule has 1 unspecified atom stereocenters. The number of β-amino-alcohol motifs (C(OH)–C–C–N with tert-alkyl or cyclic N) is 1. The first-order chi connectivity index (χ1) is 4.70. The first-order valence-corrected chi connectivity index (χ1v) is 4.09. The van der Waals surface area contributed by atoms with Crippen LogP contribution in [0.15, 0.2) is 0 Å². The maximum Gasteiger partial charge on any atom is 0.0667 e. The molecule has 2 heteroatoms. The highest BCUT2D eigenvalue weighted by molar-refractivity contribution is 4.76. The summed E-state index contributed by atoms with van der Waals surface area (Å²) in [4.78, 5) is 0. The van der Waals surface area contributed by atoms with Crippen molar-refractivity contribution in [3.05, 3.63) is 0 Å². The Labute approximate surface area is 62.6 Å². The Morgan fingerprint density at radius 3 is 2.50 bits per heavy atom. The number of nitrogens with one attached hydrogen (secondary N) is 1. The van der Waals surface area contributed by atoms with E-state index in [9.17, 15) is 5.11 Å². The molecule has 1 heterocycles. The second-order valence-electron chi connectivity index (χ2n) is 3.55. The van der Waals surface area contributed by atoms with E-state index in [4.69, 9.17) is 0 Å². The van der Waals surface area contributed by atoms with Gasteiger partial charge in [-0.3, -0.25) is 0 Å². The fraction of sp³-hybridized carbons (Fsp3) is 1.00. The highest BCUT2D eigenvalue weighted by Crippen LogP contribution is 2.18. The van der Waals surface area contributed by atoms with Gasteiger partial charge in [-0.05, 0) is 24.8 Å². The van der Waals surface area contributed by atoms with Crippen LogP contribution in [0.25, 0.3) is 0 Å². The van der Waals surface area contributed by atoms with Crippen molar-refractivity contribution in [2.45, 2.75) is 26.4 Å². The van der Waals surface area contributed by atoms with Gasteiger partial charge in [-0.15, -0.1) is 0 Å². The molecule has 1 rings (SSSR count). The lowest BCUT2D eigenvalue weighted by Gasteiger charge is -2.29. The van der Waals surface area contributed by atoms with Gasteiger partial charge in [0.1, 0.15) is 0 Å². The molecule has 0 amide bonds. The smallest absolute Gasteiger partial charge is 0.0667 e. The molecule has 0 aromatic heterocycles. The topological polar surface area (TPSA) is 32.3 Å². The average molecular weight is 143 g/mol. The molecule has 0 saturated carbocycles.